The van der Waals surface area contributed by atoms with Crippen molar-refractivity contribution in [3.05, 3.63) is 65.5 Å². The maximum Gasteiger partial charge on any atom is 0.131 e. The molecule has 20 heavy (non-hydrogen) atoms. The largest absolute Gasteiger partial charge is 0.496 e. The average molecular weight is 275 g/mol. The Kier molecular flexibility index (Phi) is 5.09. The lowest BCUT2D eigenvalue weighted by Gasteiger charge is -2.17. The zero-order chi connectivity index (χ0) is 14.4. The van der Waals surface area contributed by atoms with Gasteiger partial charge in [0.2, 0.25) is 0 Å². The van der Waals surface area contributed by atoms with Gasteiger partial charge in [0.15, 0.2) is 0 Å². The molecule has 0 saturated heterocycles. The summed E-state index contributed by atoms with van der Waals surface area (Å²) in [6.07, 6.45) is 0. The normalized spacial score (nSPS) is 12.2. The third-order valence-electron chi connectivity index (χ3n) is 3.01. The molecule has 2 aromatic carbocycles. The maximum atomic E-state index is 13.9. The van der Waals surface area contributed by atoms with Crippen LogP contribution >= 0.6 is 0 Å². The summed E-state index contributed by atoms with van der Waals surface area (Å²) in [6.45, 7) is 2.24. The number of methoxy groups -OCH3 is 1. The van der Waals surface area contributed by atoms with Crippen LogP contribution in [-0.4, -0.2) is 7.11 Å². The topological polar surface area (TPSA) is 30.5 Å². The summed E-state index contributed by atoms with van der Waals surface area (Å²) < 4.78 is 19.0. The van der Waals surface area contributed by atoms with Crippen LogP contribution < -0.4 is 10.2 Å². The van der Waals surface area contributed by atoms with E-state index in [2.05, 4.69) is 5.48 Å². The number of hydrogen-bond acceptors (Lipinski definition) is 3. The lowest BCUT2D eigenvalue weighted by molar-refractivity contribution is 0.00581. The number of ether oxygens (including phenoxy) is 1. The lowest BCUT2D eigenvalue weighted by Crippen LogP contribution is -2.20. The van der Waals surface area contributed by atoms with E-state index in [-0.39, 0.29) is 11.9 Å². The van der Waals surface area contributed by atoms with Crippen molar-refractivity contribution in [3.63, 3.8) is 0 Å². The van der Waals surface area contributed by atoms with Crippen LogP contribution in [0.15, 0.2) is 48.5 Å². The quantitative estimate of drug-likeness (QED) is 0.817. The van der Waals surface area contributed by atoms with E-state index in [1.54, 1.807) is 12.1 Å². The molecule has 0 aromatic heterocycles. The first-order chi connectivity index (χ1) is 9.72. The molecule has 0 aliphatic carbocycles. The molecule has 2 aromatic rings. The van der Waals surface area contributed by atoms with Crippen LogP contribution in [0.2, 0.25) is 0 Å². The summed E-state index contributed by atoms with van der Waals surface area (Å²) in [4.78, 5) is 5.42. The van der Waals surface area contributed by atoms with Crippen LogP contribution in [0.3, 0.4) is 0 Å². The standard InChI is InChI=1S/C16H18FNO2/c1-12(16-14(17)9-6-10-15(16)19-2)18-20-11-13-7-4-3-5-8-13/h3-10,12,18H,11H2,1-2H3. The fourth-order valence-electron chi connectivity index (χ4n) is 2.00. The van der Waals surface area contributed by atoms with E-state index in [9.17, 15) is 4.39 Å². The monoisotopic (exact) mass is 275 g/mol. The predicted molar refractivity (Wildman–Crippen MR) is 75.7 cm³/mol. The van der Waals surface area contributed by atoms with Gasteiger partial charge in [-0.3, -0.25) is 4.84 Å². The number of hydroxylamine groups is 1. The zero-order valence-corrected chi connectivity index (χ0v) is 11.6. The molecular weight excluding hydrogens is 257 g/mol. The van der Waals surface area contributed by atoms with Crippen LogP contribution in [0.1, 0.15) is 24.1 Å². The second-order valence-corrected chi connectivity index (χ2v) is 4.47. The highest BCUT2D eigenvalue weighted by Gasteiger charge is 2.16. The Morgan fingerprint density at radius 1 is 1.10 bits per heavy atom. The molecule has 1 N–H and O–H groups in total. The first-order valence-electron chi connectivity index (χ1n) is 6.46. The number of halogens is 1. The van der Waals surface area contributed by atoms with E-state index in [0.29, 0.717) is 17.9 Å². The number of benzene rings is 2. The minimum Gasteiger partial charge on any atom is -0.496 e. The Labute approximate surface area is 118 Å². The van der Waals surface area contributed by atoms with Gasteiger partial charge in [0.1, 0.15) is 11.6 Å². The summed E-state index contributed by atoms with van der Waals surface area (Å²) >= 11 is 0. The summed E-state index contributed by atoms with van der Waals surface area (Å²) in [5.74, 6) is 0.195. The Morgan fingerprint density at radius 2 is 1.85 bits per heavy atom. The fraction of sp³-hybridized carbons (Fsp3) is 0.250. The van der Waals surface area contributed by atoms with Gasteiger partial charge < -0.3 is 4.74 Å². The van der Waals surface area contributed by atoms with Crippen molar-refractivity contribution >= 4 is 0 Å². The smallest absolute Gasteiger partial charge is 0.131 e. The van der Waals surface area contributed by atoms with Gasteiger partial charge in [-0.25, -0.2) is 4.39 Å². The molecule has 0 aliphatic heterocycles. The van der Waals surface area contributed by atoms with Gasteiger partial charge in [0.25, 0.3) is 0 Å². The Bertz CT molecular complexity index is 545. The minimum atomic E-state index is -0.312. The van der Waals surface area contributed by atoms with Gasteiger partial charge in [0, 0.05) is 5.56 Å². The number of rotatable bonds is 6. The molecule has 0 bridgehead atoms. The summed E-state index contributed by atoms with van der Waals surface area (Å²) in [6, 6.07) is 14.2. The Morgan fingerprint density at radius 3 is 2.55 bits per heavy atom. The SMILES string of the molecule is COc1cccc(F)c1C(C)NOCc1ccccc1. The van der Waals surface area contributed by atoms with E-state index < -0.39 is 0 Å². The van der Waals surface area contributed by atoms with Gasteiger partial charge in [-0.15, -0.1) is 0 Å². The fourth-order valence-corrected chi connectivity index (χ4v) is 2.00. The van der Waals surface area contributed by atoms with Crippen LogP contribution in [0.4, 0.5) is 4.39 Å². The highest BCUT2D eigenvalue weighted by molar-refractivity contribution is 5.36. The van der Waals surface area contributed by atoms with E-state index >= 15 is 0 Å². The molecular formula is C16H18FNO2. The second-order valence-electron chi connectivity index (χ2n) is 4.47. The molecule has 106 valence electrons. The van der Waals surface area contributed by atoms with Crippen molar-refractivity contribution in [1.29, 1.82) is 0 Å². The molecule has 1 unspecified atom stereocenters. The summed E-state index contributed by atoms with van der Waals surface area (Å²) in [5, 5.41) is 0. The maximum absolute atomic E-state index is 13.9. The molecule has 0 spiro atoms. The van der Waals surface area contributed by atoms with Gasteiger partial charge in [-0.2, -0.15) is 5.48 Å². The van der Waals surface area contributed by atoms with Crippen LogP contribution in [0.5, 0.6) is 5.75 Å². The predicted octanol–water partition coefficient (Wildman–Crippen LogP) is 3.62. The Hall–Kier alpha value is -1.91. The molecule has 4 heteroatoms. The lowest BCUT2D eigenvalue weighted by atomic mass is 10.1. The molecule has 0 aliphatic rings. The molecule has 0 fully saturated rings. The van der Waals surface area contributed by atoms with Crippen molar-refractivity contribution in [1.82, 2.24) is 5.48 Å². The van der Waals surface area contributed by atoms with Crippen molar-refractivity contribution < 1.29 is 14.0 Å². The van der Waals surface area contributed by atoms with Crippen molar-refractivity contribution in [3.8, 4) is 5.75 Å². The van der Waals surface area contributed by atoms with Gasteiger partial charge >= 0.3 is 0 Å². The third-order valence-corrected chi connectivity index (χ3v) is 3.01. The Balaban J connectivity index is 1.97. The molecule has 1 atom stereocenters. The third kappa shape index (κ3) is 3.56. The molecule has 0 heterocycles. The van der Waals surface area contributed by atoms with Crippen molar-refractivity contribution in [2.45, 2.75) is 19.6 Å². The van der Waals surface area contributed by atoms with E-state index in [1.807, 2.05) is 37.3 Å². The van der Waals surface area contributed by atoms with E-state index in [1.165, 1.54) is 13.2 Å². The van der Waals surface area contributed by atoms with E-state index in [0.717, 1.165) is 5.56 Å². The van der Waals surface area contributed by atoms with Crippen LogP contribution in [0, 0.1) is 5.82 Å². The van der Waals surface area contributed by atoms with Crippen LogP contribution in [0.25, 0.3) is 0 Å². The highest BCUT2D eigenvalue weighted by Crippen LogP contribution is 2.27. The molecule has 2 rings (SSSR count). The van der Waals surface area contributed by atoms with E-state index in [4.69, 9.17) is 9.57 Å². The van der Waals surface area contributed by atoms with Crippen molar-refractivity contribution in [2.24, 2.45) is 0 Å². The first-order valence-corrected chi connectivity index (χ1v) is 6.46. The average Bonchev–Trinajstić information content (AvgIpc) is 2.47. The first kappa shape index (κ1) is 14.5. The van der Waals surface area contributed by atoms with Gasteiger partial charge in [0.05, 0.1) is 19.8 Å². The molecule has 0 saturated carbocycles. The summed E-state index contributed by atoms with van der Waals surface area (Å²) in [7, 11) is 1.52. The van der Waals surface area contributed by atoms with Gasteiger partial charge in [-0.05, 0) is 24.6 Å². The van der Waals surface area contributed by atoms with Gasteiger partial charge in [-0.1, -0.05) is 36.4 Å². The summed E-state index contributed by atoms with van der Waals surface area (Å²) in [5.41, 5.74) is 4.35. The number of nitrogens with one attached hydrogen (secondary N) is 1. The second kappa shape index (κ2) is 7.03. The molecule has 0 radical (unpaired) electrons. The molecule has 3 nitrogen and oxygen atoms in total. The highest BCUT2D eigenvalue weighted by atomic mass is 19.1. The zero-order valence-electron chi connectivity index (χ0n) is 11.6. The minimum absolute atomic E-state index is 0.310. The molecule has 0 amide bonds. The number of hydrogen-bond donors (Lipinski definition) is 1. The van der Waals surface area contributed by atoms with Crippen LogP contribution in [-0.2, 0) is 11.4 Å². The van der Waals surface area contributed by atoms with Crippen molar-refractivity contribution in [2.75, 3.05) is 7.11 Å².